The predicted octanol–water partition coefficient (Wildman–Crippen LogP) is 4.78. The van der Waals surface area contributed by atoms with E-state index in [1.165, 1.54) is 6.07 Å². The Morgan fingerprint density at radius 2 is 1.88 bits per heavy atom. The van der Waals surface area contributed by atoms with Crippen LogP contribution in [0.4, 0.5) is 14.6 Å². The van der Waals surface area contributed by atoms with Gasteiger partial charge in [0.2, 0.25) is 0 Å². The lowest BCUT2D eigenvalue weighted by Crippen LogP contribution is -2.31. The van der Waals surface area contributed by atoms with E-state index in [9.17, 15) is 8.78 Å². The molecule has 0 radical (unpaired) electrons. The highest BCUT2D eigenvalue weighted by atomic mass is 19.1. The molecule has 1 fully saturated rings. The average molecular weight is 431 g/mol. The number of hydrogen-bond acceptors (Lipinski definition) is 5. The van der Waals surface area contributed by atoms with Gasteiger partial charge in [-0.25, -0.2) is 18.7 Å². The van der Waals surface area contributed by atoms with Gasteiger partial charge in [-0.1, -0.05) is 6.07 Å². The zero-order valence-electron chi connectivity index (χ0n) is 18.0. The summed E-state index contributed by atoms with van der Waals surface area (Å²) in [6, 6.07) is 13.2. The number of anilines is 1. The molecule has 1 aliphatic heterocycles. The molecular weight excluding hydrogens is 408 g/mol. The zero-order valence-corrected chi connectivity index (χ0v) is 18.0. The Balaban J connectivity index is 1.67. The summed E-state index contributed by atoms with van der Waals surface area (Å²) in [6.07, 6.45) is 4.49. The average Bonchev–Trinajstić information content (AvgIpc) is 3.31. The van der Waals surface area contributed by atoms with E-state index in [4.69, 9.17) is 9.97 Å². The molecule has 5 nitrogen and oxygen atoms in total. The van der Waals surface area contributed by atoms with Crippen LogP contribution >= 0.6 is 0 Å². The fourth-order valence-electron chi connectivity index (χ4n) is 4.22. The van der Waals surface area contributed by atoms with Gasteiger partial charge >= 0.3 is 0 Å². The molecule has 0 N–H and O–H groups in total. The molecule has 3 heterocycles. The van der Waals surface area contributed by atoms with Crippen molar-refractivity contribution in [3.63, 3.8) is 0 Å². The second-order valence-electron chi connectivity index (χ2n) is 8.32. The van der Waals surface area contributed by atoms with Crippen molar-refractivity contribution < 1.29 is 8.78 Å². The molecule has 7 heteroatoms. The molecule has 1 unspecified atom stereocenters. The number of benzene rings is 2. The quantitative estimate of drug-likeness (QED) is 0.466. The number of halogens is 2. The third-order valence-corrected chi connectivity index (χ3v) is 6.03. The maximum absolute atomic E-state index is 14.4. The van der Waals surface area contributed by atoms with E-state index in [1.54, 1.807) is 24.5 Å². The van der Waals surface area contributed by atoms with E-state index >= 15 is 0 Å². The van der Waals surface area contributed by atoms with E-state index in [0.29, 0.717) is 22.9 Å². The van der Waals surface area contributed by atoms with Gasteiger partial charge in [-0.05, 0) is 68.5 Å². The minimum atomic E-state index is -0.479. The van der Waals surface area contributed by atoms with Gasteiger partial charge in [-0.2, -0.15) is 0 Å². The number of nitrogens with zero attached hydrogens (tertiary/aromatic N) is 5. The molecule has 0 spiro atoms. The first-order valence-corrected chi connectivity index (χ1v) is 10.6. The Morgan fingerprint density at radius 1 is 1.00 bits per heavy atom. The number of fused-ring (bicyclic) bond motifs is 1. The number of hydrogen-bond donors (Lipinski definition) is 0. The SMILES string of the molecule is CN(C)C1CCN(c2nc(-c3cccnc3)nc3cc(-c4cc(F)ccc4F)ccc23)C1. The summed E-state index contributed by atoms with van der Waals surface area (Å²) < 4.78 is 28.2. The Kier molecular flexibility index (Phi) is 5.27. The molecule has 1 aliphatic rings. The maximum atomic E-state index is 14.4. The number of rotatable bonds is 4. The van der Waals surface area contributed by atoms with Crippen LogP contribution in [-0.4, -0.2) is 53.1 Å². The Hall–Kier alpha value is -3.45. The smallest absolute Gasteiger partial charge is 0.163 e. The molecular formula is C25H23F2N5. The summed E-state index contributed by atoms with van der Waals surface area (Å²) in [6.45, 7) is 1.76. The topological polar surface area (TPSA) is 45.2 Å². The highest BCUT2D eigenvalue weighted by Gasteiger charge is 2.27. The van der Waals surface area contributed by atoms with Gasteiger partial charge in [-0.3, -0.25) is 4.98 Å². The van der Waals surface area contributed by atoms with Crippen molar-refractivity contribution in [2.24, 2.45) is 0 Å². The van der Waals surface area contributed by atoms with Crippen molar-refractivity contribution in [1.82, 2.24) is 19.9 Å². The van der Waals surface area contributed by atoms with Gasteiger partial charge < -0.3 is 9.80 Å². The largest absolute Gasteiger partial charge is 0.354 e. The standard InChI is InChI=1S/C25H23F2N5/c1-31(2)19-9-11-32(15-19)25-20-7-5-16(21-13-18(26)6-8-22(21)27)12-23(20)29-24(30-25)17-4-3-10-28-14-17/h3-8,10,12-14,19H,9,11,15H2,1-2H3. The monoisotopic (exact) mass is 431 g/mol. The van der Waals surface area contributed by atoms with Crippen LogP contribution in [0.5, 0.6) is 0 Å². The molecule has 0 aliphatic carbocycles. The molecule has 0 bridgehead atoms. The second kappa shape index (κ2) is 8.24. The normalized spacial score (nSPS) is 16.3. The molecule has 0 amide bonds. The fraction of sp³-hybridized carbons (Fsp3) is 0.240. The maximum Gasteiger partial charge on any atom is 0.163 e. The molecule has 2 aromatic heterocycles. The highest BCUT2D eigenvalue weighted by Crippen LogP contribution is 2.33. The summed E-state index contributed by atoms with van der Waals surface area (Å²) >= 11 is 0. The van der Waals surface area contributed by atoms with Crippen LogP contribution in [0.1, 0.15) is 6.42 Å². The lowest BCUT2D eigenvalue weighted by atomic mass is 10.0. The second-order valence-corrected chi connectivity index (χ2v) is 8.32. The van der Waals surface area contributed by atoms with Crippen molar-refractivity contribution in [2.45, 2.75) is 12.5 Å². The molecule has 5 rings (SSSR count). The molecule has 32 heavy (non-hydrogen) atoms. The molecule has 162 valence electrons. The highest BCUT2D eigenvalue weighted by molar-refractivity contribution is 5.94. The molecule has 0 saturated carbocycles. The molecule has 4 aromatic rings. The summed E-state index contributed by atoms with van der Waals surface area (Å²) in [5, 5.41) is 0.887. The molecule has 2 aromatic carbocycles. The van der Waals surface area contributed by atoms with Crippen LogP contribution in [-0.2, 0) is 0 Å². The predicted molar refractivity (Wildman–Crippen MR) is 122 cm³/mol. The van der Waals surface area contributed by atoms with Crippen molar-refractivity contribution in [3.05, 3.63) is 72.6 Å². The number of likely N-dealkylation sites (N-methyl/N-ethyl adjacent to an activating group) is 1. The number of pyridine rings is 1. The van der Waals surface area contributed by atoms with Crippen LogP contribution in [0, 0.1) is 11.6 Å². The minimum absolute atomic E-state index is 0.212. The van der Waals surface area contributed by atoms with Crippen molar-refractivity contribution in [1.29, 1.82) is 0 Å². The zero-order chi connectivity index (χ0) is 22.2. The third kappa shape index (κ3) is 3.80. The van der Waals surface area contributed by atoms with Gasteiger partial charge in [0.1, 0.15) is 17.5 Å². The molecule has 1 atom stereocenters. The van der Waals surface area contributed by atoms with E-state index in [0.717, 1.165) is 48.4 Å². The van der Waals surface area contributed by atoms with Crippen LogP contribution in [0.25, 0.3) is 33.4 Å². The van der Waals surface area contributed by atoms with E-state index in [2.05, 4.69) is 28.9 Å². The number of aromatic nitrogens is 3. The Morgan fingerprint density at radius 3 is 2.62 bits per heavy atom. The third-order valence-electron chi connectivity index (χ3n) is 6.03. The van der Waals surface area contributed by atoms with Crippen molar-refractivity contribution >= 4 is 16.7 Å². The minimum Gasteiger partial charge on any atom is -0.354 e. The van der Waals surface area contributed by atoms with E-state index in [1.807, 2.05) is 18.2 Å². The van der Waals surface area contributed by atoms with Gasteiger partial charge in [0.05, 0.1) is 5.52 Å². The lowest BCUT2D eigenvalue weighted by molar-refractivity contribution is 0.315. The Labute approximate surface area is 185 Å². The van der Waals surface area contributed by atoms with Gasteiger partial charge in [0.25, 0.3) is 0 Å². The van der Waals surface area contributed by atoms with Crippen LogP contribution < -0.4 is 4.90 Å². The van der Waals surface area contributed by atoms with Crippen LogP contribution in [0.2, 0.25) is 0 Å². The van der Waals surface area contributed by atoms with E-state index < -0.39 is 11.6 Å². The summed E-state index contributed by atoms with van der Waals surface area (Å²) in [7, 11) is 4.18. The molecule has 1 saturated heterocycles. The summed E-state index contributed by atoms with van der Waals surface area (Å²) in [5.41, 5.74) is 2.28. The van der Waals surface area contributed by atoms with E-state index in [-0.39, 0.29) is 5.56 Å². The lowest BCUT2D eigenvalue weighted by Gasteiger charge is -2.22. The van der Waals surface area contributed by atoms with Crippen LogP contribution in [0.3, 0.4) is 0 Å². The first-order chi connectivity index (χ1) is 15.5. The van der Waals surface area contributed by atoms with Crippen molar-refractivity contribution in [3.8, 4) is 22.5 Å². The van der Waals surface area contributed by atoms with Gasteiger partial charge in [0, 0.05) is 48.0 Å². The van der Waals surface area contributed by atoms with Crippen LogP contribution in [0.15, 0.2) is 60.9 Å². The summed E-state index contributed by atoms with van der Waals surface area (Å²) in [4.78, 5) is 18.4. The first kappa shape index (κ1) is 20.5. The Bertz CT molecular complexity index is 1280. The summed E-state index contributed by atoms with van der Waals surface area (Å²) in [5.74, 6) is 0.462. The van der Waals surface area contributed by atoms with Gasteiger partial charge in [-0.15, -0.1) is 0 Å². The van der Waals surface area contributed by atoms with Gasteiger partial charge in [0.15, 0.2) is 5.82 Å². The van der Waals surface area contributed by atoms with Crippen molar-refractivity contribution in [2.75, 3.05) is 32.1 Å². The fourth-order valence-corrected chi connectivity index (χ4v) is 4.22. The first-order valence-electron chi connectivity index (χ1n) is 10.6.